The lowest BCUT2D eigenvalue weighted by Crippen LogP contribution is -2.40. The summed E-state index contributed by atoms with van der Waals surface area (Å²) in [5, 5.41) is 18.1. The summed E-state index contributed by atoms with van der Waals surface area (Å²) < 4.78 is 0. The summed E-state index contributed by atoms with van der Waals surface area (Å²) >= 11 is 0. The first kappa shape index (κ1) is 15.0. The molecule has 1 fully saturated rings. The molecule has 0 spiro atoms. The van der Waals surface area contributed by atoms with Crippen LogP contribution in [0.15, 0.2) is 0 Å². The van der Waals surface area contributed by atoms with Crippen LogP contribution in [-0.2, 0) is 9.59 Å². The number of carboxylic acids is 1. The van der Waals surface area contributed by atoms with Gasteiger partial charge in [0.2, 0.25) is 5.91 Å². The summed E-state index contributed by atoms with van der Waals surface area (Å²) in [5.74, 6) is -1.64. The van der Waals surface area contributed by atoms with Crippen molar-refractivity contribution in [2.45, 2.75) is 33.1 Å². The standard InChI is InChI=1S/C13H23NO4/c1-3-9-7-10(11(8-9)13(17)18)12(16)14(4-2)5-6-15/h9-11,15H,3-8H2,1-2H3,(H,17,18). The number of carboxylic acid groups (broad SMARTS) is 1. The Kier molecular flexibility index (Phi) is 5.59. The number of likely N-dealkylation sites (N-methyl/N-ethyl adjacent to an activating group) is 1. The Morgan fingerprint density at radius 1 is 1.22 bits per heavy atom. The number of hydrogen-bond donors (Lipinski definition) is 2. The Bertz CT molecular complexity index is 305. The summed E-state index contributed by atoms with van der Waals surface area (Å²) in [6.07, 6.45) is 2.17. The lowest BCUT2D eigenvalue weighted by molar-refractivity contribution is -0.149. The van der Waals surface area contributed by atoms with Gasteiger partial charge in [-0.3, -0.25) is 9.59 Å². The van der Waals surface area contributed by atoms with Crippen molar-refractivity contribution in [2.75, 3.05) is 19.7 Å². The van der Waals surface area contributed by atoms with Gasteiger partial charge in [0.05, 0.1) is 18.4 Å². The second kappa shape index (κ2) is 6.73. The number of hydrogen-bond acceptors (Lipinski definition) is 3. The third kappa shape index (κ3) is 3.22. The van der Waals surface area contributed by atoms with Crippen LogP contribution in [0.2, 0.25) is 0 Å². The summed E-state index contributed by atoms with van der Waals surface area (Å²) in [7, 11) is 0. The molecule has 0 heterocycles. The number of rotatable bonds is 6. The number of nitrogens with zero attached hydrogens (tertiary/aromatic N) is 1. The number of amides is 1. The van der Waals surface area contributed by atoms with E-state index in [1.807, 2.05) is 13.8 Å². The summed E-state index contributed by atoms with van der Waals surface area (Å²) in [6, 6.07) is 0. The molecule has 0 aromatic rings. The van der Waals surface area contributed by atoms with E-state index in [-0.39, 0.29) is 19.1 Å². The molecule has 0 saturated heterocycles. The molecule has 1 aliphatic carbocycles. The van der Waals surface area contributed by atoms with Crippen molar-refractivity contribution in [3.8, 4) is 0 Å². The minimum atomic E-state index is -0.871. The molecule has 1 saturated carbocycles. The van der Waals surface area contributed by atoms with Crippen LogP contribution in [-0.4, -0.2) is 46.7 Å². The molecule has 0 radical (unpaired) electrons. The van der Waals surface area contributed by atoms with Crippen LogP contribution in [0.4, 0.5) is 0 Å². The molecule has 0 aliphatic heterocycles. The van der Waals surface area contributed by atoms with E-state index in [4.69, 9.17) is 5.11 Å². The molecule has 0 bridgehead atoms. The fourth-order valence-electron chi connectivity index (χ4n) is 2.80. The average molecular weight is 257 g/mol. The highest BCUT2D eigenvalue weighted by atomic mass is 16.4. The molecular weight excluding hydrogens is 234 g/mol. The van der Waals surface area contributed by atoms with Gasteiger partial charge in [-0.05, 0) is 25.7 Å². The zero-order chi connectivity index (χ0) is 13.7. The van der Waals surface area contributed by atoms with Crippen LogP contribution in [0.5, 0.6) is 0 Å². The van der Waals surface area contributed by atoms with Gasteiger partial charge in [-0.2, -0.15) is 0 Å². The first-order valence-electron chi connectivity index (χ1n) is 6.67. The fourth-order valence-corrected chi connectivity index (χ4v) is 2.80. The van der Waals surface area contributed by atoms with Crippen molar-refractivity contribution in [1.82, 2.24) is 4.90 Å². The summed E-state index contributed by atoms with van der Waals surface area (Å²) in [6.45, 7) is 4.59. The smallest absolute Gasteiger partial charge is 0.307 e. The van der Waals surface area contributed by atoms with E-state index < -0.39 is 17.8 Å². The predicted molar refractivity (Wildman–Crippen MR) is 67.0 cm³/mol. The van der Waals surface area contributed by atoms with E-state index >= 15 is 0 Å². The maximum absolute atomic E-state index is 12.3. The van der Waals surface area contributed by atoms with Crippen molar-refractivity contribution in [2.24, 2.45) is 17.8 Å². The van der Waals surface area contributed by atoms with Gasteiger partial charge in [0, 0.05) is 13.1 Å². The first-order chi connectivity index (χ1) is 8.54. The van der Waals surface area contributed by atoms with Crippen LogP contribution < -0.4 is 0 Å². The van der Waals surface area contributed by atoms with Crippen LogP contribution in [0.1, 0.15) is 33.1 Å². The molecule has 0 aromatic heterocycles. The van der Waals surface area contributed by atoms with Crippen molar-refractivity contribution in [3.63, 3.8) is 0 Å². The summed E-state index contributed by atoms with van der Waals surface area (Å²) in [4.78, 5) is 25.1. The molecule has 1 amide bonds. The lowest BCUT2D eigenvalue weighted by Gasteiger charge is -2.25. The molecule has 18 heavy (non-hydrogen) atoms. The molecule has 0 aromatic carbocycles. The van der Waals surface area contributed by atoms with Crippen molar-refractivity contribution >= 4 is 11.9 Å². The van der Waals surface area contributed by atoms with Crippen molar-refractivity contribution in [1.29, 1.82) is 0 Å². The topological polar surface area (TPSA) is 77.8 Å². The molecule has 104 valence electrons. The molecule has 3 atom stereocenters. The lowest BCUT2D eigenvalue weighted by atomic mass is 9.94. The van der Waals surface area contributed by atoms with E-state index in [0.29, 0.717) is 25.3 Å². The van der Waals surface area contributed by atoms with Gasteiger partial charge in [-0.25, -0.2) is 0 Å². The van der Waals surface area contributed by atoms with E-state index in [1.165, 1.54) is 0 Å². The van der Waals surface area contributed by atoms with E-state index in [9.17, 15) is 14.7 Å². The largest absolute Gasteiger partial charge is 0.481 e. The second-order valence-corrected chi connectivity index (χ2v) is 4.94. The van der Waals surface area contributed by atoms with Gasteiger partial charge in [0.25, 0.3) is 0 Å². The first-order valence-corrected chi connectivity index (χ1v) is 6.67. The normalized spacial score (nSPS) is 27.2. The van der Waals surface area contributed by atoms with Gasteiger partial charge < -0.3 is 15.1 Å². The van der Waals surface area contributed by atoms with Crippen molar-refractivity contribution in [3.05, 3.63) is 0 Å². The summed E-state index contributed by atoms with van der Waals surface area (Å²) in [5.41, 5.74) is 0. The zero-order valence-corrected chi connectivity index (χ0v) is 11.1. The van der Waals surface area contributed by atoms with Crippen LogP contribution in [0.3, 0.4) is 0 Å². The number of carbonyl (C=O) groups excluding carboxylic acids is 1. The molecule has 1 aliphatic rings. The van der Waals surface area contributed by atoms with Gasteiger partial charge in [-0.1, -0.05) is 13.3 Å². The monoisotopic (exact) mass is 257 g/mol. The number of aliphatic hydroxyl groups excluding tert-OH is 1. The number of aliphatic hydroxyl groups is 1. The van der Waals surface area contributed by atoms with E-state index in [2.05, 4.69) is 0 Å². The minimum Gasteiger partial charge on any atom is -0.481 e. The molecular formula is C13H23NO4. The van der Waals surface area contributed by atoms with Crippen LogP contribution in [0.25, 0.3) is 0 Å². The fraction of sp³-hybridized carbons (Fsp3) is 0.846. The highest BCUT2D eigenvalue weighted by molar-refractivity contribution is 5.85. The highest BCUT2D eigenvalue weighted by Gasteiger charge is 2.43. The molecule has 2 N–H and O–H groups in total. The Labute approximate surface area is 108 Å². The van der Waals surface area contributed by atoms with E-state index in [0.717, 1.165) is 6.42 Å². The third-order valence-corrected chi connectivity index (χ3v) is 3.94. The van der Waals surface area contributed by atoms with Gasteiger partial charge in [0.1, 0.15) is 0 Å². The quantitative estimate of drug-likeness (QED) is 0.743. The zero-order valence-electron chi connectivity index (χ0n) is 11.1. The third-order valence-electron chi connectivity index (χ3n) is 3.94. The van der Waals surface area contributed by atoms with Crippen LogP contribution >= 0.6 is 0 Å². The number of carbonyl (C=O) groups is 2. The Hall–Kier alpha value is -1.10. The van der Waals surface area contributed by atoms with Crippen LogP contribution in [0, 0.1) is 17.8 Å². The molecule has 5 heteroatoms. The second-order valence-electron chi connectivity index (χ2n) is 4.94. The SMILES string of the molecule is CCC1CC(C(=O)O)C(C(=O)N(CC)CCO)C1. The van der Waals surface area contributed by atoms with Gasteiger partial charge in [-0.15, -0.1) is 0 Å². The predicted octanol–water partition coefficient (Wildman–Crippen LogP) is 0.964. The average Bonchev–Trinajstić information content (AvgIpc) is 2.79. The van der Waals surface area contributed by atoms with Crippen molar-refractivity contribution < 1.29 is 19.8 Å². The maximum Gasteiger partial charge on any atom is 0.307 e. The minimum absolute atomic E-state index is 0.0821. The molecule has 3 unspecified atom stereocenters. The van der Waals surface area contributed by atoms with Gasteiger partial charge >= 0.3 is 5.97 Å². The van der Waals surface area contributed by atoms with Gasteiger partial charge in [0.15, 0.2) is 0 Å². The molecule has 1 rings (SSSR count). The Morgan fingerprint density at radius 2 is 1.83 bits per heavy atom. The Morgan fingerprint density at radius 3 is 2.28 bits per heavy atom. The Balaban J connectivity index is 2.78. The molecule has 5 nitrogen and oxygen atoms in total. The van der Waals surface area contributed by atoms with E-state index in [1.54, 1.807) is 4.90 Å². The highest BCUT2D eigenvalue weighted by Crippen LogP contribution is 2.39. The maximum atomic E-state index is 12.3. The number of aliphatic carboxylic acids is 1.